The molecule has 2 N–H and O–H groups in total. The van der Waals surface area contributed by atoms with Crippen LogP contribution in [0.3, 0.4) is 0 Å². The van der Waals surface area contributed by atoms with Crippen LogP contribution in [0.25, 0.3) is 0 Å². The molecule has 5 heteroatoms. The summed E-state index contributed by atoms with van der Waals surface area (Å²) >= 11 is 1.71. The first-order chi connectivity index (χ1) is 10.3. The van der Waals surface area contributed by atoms with E-state index in [4.69, 9.17) is 0 Å². The van der Waals surface area contributed by atoms with E-state index in [-0.39, 0.29) is 18.0 Å². The van der Waals surface area contributed by atoms with E-state index in [1.54, 1.807) is 11.3 Å². The van der Waals surface area contributed by atoms with Crippen LogP contribution in [-0.2, 0) is 4.79 Å². The van der Waals surface area contributed by atoms with Crippen molar-refractivity contribution in [3.63, 3.8) is 0 Å². The van der Waals surface area contributed by atoms with Gasteiger partial charge in [-0.05, 0) is 63.7 Å². The molecular weight excluding hydrogens is 282 g/mol. The molecule has 2 aliphatic heterocycles. The summed E-state index contributed by atoms with van der Waals surface area (Å²) in [6, 6.07) is 4.92. The molecule has 4 nitrogen and oxygen atoms in total. The molecule has 0 saturated carbocycles. The van der Waals surface area contributed by atoms with E-state index in [1.807, 2.05) is 6.07 Å². The van der Waals surface area contributed by atoms with E-state index in [0.717, 1.165) is 32.5 Å². The van der Waals surface area contributed by atoms with Gasteiger partial charge in [0.05, 0.1) is 12.1 Å². The van der Waals surface area contributed by atoms with Gasteiger partial charge in [0.1, 0.15) is 0 Å². The predicted octanol–water partition coefficient (Wildman–Crippen LogP) is 2.14. The maximum Gasteiger partial charge on any atom is 0.237 e. The number of nitrogens with one attached hydrogen (secondary N) is 2. The number of carbonyl (C=O) groups excluding carboxylic acids is 1. The zero-order chi connectivity index (χ0) is 14.7. The fourth-order valence-corrected chi connectivity index (χ4v) is 4.30. The van der Waals surface area contributed by atoms with Gasteiger partial charge in [-0.15, -0.1) is 11.3 Å². The van der Waals surface area contributed by atoms with Crippen molar-refractivity contribution in [1.82, 2.24) is 15.5 Å². The van der Waals surface area contributed by atoms with Crippen LogP contribution in [0.15, 0.2) is 17.5 Å². The third kappa shape index (κ3) is 3.47. The quantitative estimate of drug-likeness (QED) is 0.896. The van der Waals surface area contributed by atoms with Crippen LogP contribution in [0.2, 0.25) is 0 Å². The lowest BCUT2D eigenvalue weighted by Crippen LogP contribution is -2.51. The standard InChI is InChI=1S/C16H25N3OS/c1-12(15-5-3-11-21-15)18-16(20)14-4-2-10-19(14)13-6-8-17-9-7-13/h3,5,11-14,17H,2,4,6-10H2,1H3,(H,18,20)/t12-,14?/m0/s1. The predicted molar refractivity (Wildman–Crippen MR) is 86.5 cm³/mol. The van der Waals surface area contributed by atoms with Crippen LogP contribution in [0.1, 0.15) is 43.5 Å². The van der Waals surface area contributed by atoms with E-state index >= 15 is 0 Å². The van der Waals surface area contributed by atoms with Gasteiger partial charge in [-0.1, -0.05) is 6.07 Å². The number of likely N-dealkylation sites (tertiary alicyclic amines) is 1. The summed E-state index contributed by atoms with van der Waals surface area (Å²) in [6.45, 7) is 5.33. The topological polar surface area (TPSA) is 44.4 Å². The lowest BCUT2D eigenvalue weighted by Gasteiger charge is -2.35. The Morgan fingerprint density at radius 3 is 2.95 bits per heavy atom. The molecule has 0 aliphatic carbocycles. The van der Waals surface area contributed by atoms with Crippen molar-refractivity contribution in [1.29, 1.82) is 0 Å². The van der Waals surface area contributed by atoms with Crippen LogP contribution in [0.5, 0.6) is 0 Å². The summed E-state index contributed by atoms with van der Waals surface area (Å²) in [5, 5.41) is 8.68. The first-order valence-corrected chi connectivity index (χ1v) is 8.94. The van der Waals surface area contributed by atoms with Crippen molar-refractivity contribution in [2.75, 3.05) is 19.6 Å². The summed E-state index contributed by atoms with van der Waals surface area (Å²) in [7, 11) is 0. The van der Waals surface area contributed by atoms with Gasteiger partial charge >= 0.3 is 0 Å². The molecule has 2 aliphatic rings. The molecular formula is C16H25N3OS. The summed E-state index contributed by atoms with van der Waals surface area (Å²) in [5.41, 5.74) is 0. The fourth-order valence-electron chi connectivity index (χ4n) is 3.56. The Kier molecular flexibility index (Phi) is 4.93. The van der Waals surface area contributed by atoms with E-state index in [1.165, 1.54) is 17.7 Å². The van der Waals surface area contributed by atoms with E-state index in [2.05, 4.69) is 33.9 Å². The molecule has 0 aromatic carbocycles. The highest BCUT2D eigenvalue weighted by molar-refractivity contribution is 7.10. The Hall–Kier alpha value is -0.910. The van der Waals surface area contributed by atoms with Gasteiger partial charge in [0, 0.05) is 10.9 Å². The van der Waals surface area contributed by atoms with Crippen LogP contribution >= 0.6 is 11.3 Å². The average molecular weight is 307 g/mol. The highest BCUT2D eigenvalue weighted by atomic mass is 32.1. The molecule has 1 aromatic rings. The van der Waals surface area contributed by atoms with Crippen LogP contribution in [-0.4, -0.2) is 42.5 Å². The summed E-state index contributed by atoms with van der Waals surface area (Å²) in [6.07, 6.45) is 4.50. The molecule has 1 amide bonds. The third-order valence-electron chi connectivity index (χ3n) is 4.70. The summed E-state index contributed by atoms with van der Waals surface area (Å²) in [4.78, 5) is 16.3. The Morgan fingerprint density at radius 1 is 1.43 bits per heavy atom. The van der Waals surface area contributed by atoms with Crippen LogP contribution in [0, 0.1) is 0 Å². The molecule has 1 aromatic heterocycles. The second kappa shape index (κ2) is 6.90. The number of thiophene rings is 1. The third-order valence-corrected chi connectivity index (χ3v) is 5.76. The van der Waals surface area contributed by atoms with Gasteiger partial charge in [0.25, 0.3) is 0 Å². The molecule has 3 heterocycles. The van der Waals surface area contributed by atoms with Crippen molar-refractivity contribution < 1.29 is 4.79 Å². The van der Waals surface area contributed by atoms with Crippen molar-refractivity contribution in [2.24, 2.45) is 0 Å². The first-order valence-electron chi connectivity index (χ1n) is 8.06. The molecule has 1 unspecified atom stereocenters. The Bertz CT molecular complexity index is 456. The van der Waals surface area contributed by atoms with E-state index in [0.29, 0.717) is 6.04 Å². The molecule has 0 radical (unpaired) electrons. The Morgan fingerprint density at radius 2 is 2.24 bits per heavy atom. The number of nitrogens with zero attached hydrogens (tertiary/aromatic N) is 1. The van der Waals surface area contributed by atoms with Gasteiger partial charge in [-0.2, -0.15) is 0 Å². The number of hydrogen-bond donors (Lipinski definition) is 2. The number of hydrogen-bond acceptors (Lipinski definition) is 4. The molecule has 2 saturated heterocycles. The fraction of sp³-hybridized carbons (Fsp3) is 0.688. The molecule has 116 valence electrons. The second-order valence-electron chi connectivity index (χ2n) is 6.12. The lowest BCUT2D eigenvalue weighted by atomic mass is 10.0. The minimum Gasteiger partial charge on any atom is -0.347 e. The largest absolute Gasteiger partial charge is 0.347 e. The van der Waals surface area contributed by atoms with Crippen molar-refractivity contribution in [3.05, 3.63) is 22.4 Å². The van der Waals surface area contributed by atoms with Gasteiger partial charge in [-0.25, -0.2) is 0 Å². The lowest BCUT2D eigenvalue weighted by molar-refractivity contribution is -0.127. The summed E-state index contributed by atoms with van der Waals surface area (Å²) in [5.74, 6) is 0.215. The first kappa shape index (κ1) is 15.0. The highest BCUT2D eigenvalue weighted by Crippen LogP contribution is 2.26. The average Bonchev–Trinajstić information content (AvgIpc) is 3.19. The Balaban J connectivity index is 1.60. The molecule has 0 spiro atoms. The van der Waals surface area contributed by atoms with Gasteiger partial charge in [0.15, 0.2) is 0 Å². The Labute approximate surface area is 130 Å². The number of carbonyl (C=O) groups is 1. The molecule has 0 bridgehead atoms. The molecule has 21 heavy (non-hydrogen) atoms. The molecule has 2 atom stereocenters. The second-order valence-corrected chi connectivity index (χ2v) is 7.10. The maximum absolute atomic E-state index is 12.6. The highest BCUT2D eigenvalue weighted by Gasteiger charge is 2.36. The van der Waals surface area contributed by atoms with Gasteiger partial charge in [0.2, 0.25) is 5.91 Å². The smallest absolute Gasteiger partial charge is 0.237 e. The van der Waals surface area contributed by atoms with E-state index in [9.17, 15) is 4.79 Å². The number of piperidine rings is 1. The molecule has 3 rings (SSSR count). The van der Waals surface area contributed by atoms with Crippen molar-refractivity contribution in [2.45, 2.75) is 50.7 Å². The normalized spacial score (nSPS) is 25.9. The zero-order valence-electron chi connectivity index (χ0n) is 12.7. The minimum atomic E-state index is 0.0792. The monoisotopic (exact) mass is 307 g/mol. The molecule has 2 fully saturated rings. The van der Waals surface area contributed by atoms with Crippen LogP contribution in [0.4, 0.5) is 0 Å². The van der Waals surface area contributed by atoms with E-state index < -0.39 is 0 Å². The summed E-state index contributed by atoms with van der Waals surface area (Å²) < 4.78 is 0. The van der Waals surface area contributed by atoms with Crippen LogP contribution < -0.4 is 10.6 Å². The zero-order valence-corrected chi connectivity index (χ0v) is 13.5. The van der Waals surface area contributed by atoms with Gasteiger partial charge in [-0.3, -0.25) is 9.69 Å². The van der Waals surface area contributed by atoms with Crippen molar-refractivity contribution in [3.8, 4) is 0 Å². The minimum absolute atomic E-state index is 0.0792. The van der Waals surface area contributed by atoms with Crippen molar-refractivity contribution >= 4 is 17.2 Å². The number of rotatable bonds is 4. The number of amides is 1. The maximum atomic E-state index is 12.6. The van der Waals surface area contributed by atoms with Gasteiger partial charge < -0.3 is 10.6 Å². The SMILES string of the molecule is C[C@H](NC(=O)C1CCCN1C1CCNCC1)c1cccs1.